The summed E-state index contributed by atoms with van der Waals surface area (Å²) in [6.07, 6.45) is 23.2. The van der Waals surface area contributed by atoms with E-state index in [-0.39, 0.29) is 5.97 Å². The van der Waals surface area contributed by atoms with Crippen LogP contribution in [0.4, 0.5) is 0 Å². The molecule has 2 N–H and O–H groups in total. The molecule has 0 rings (SSSR count). The van der Waals surface area contributed by atoms with Gasteiger partial charge in [0.25, 0.3) is 0 Å². The minimum atomic E-state index is -0.103. The van der Waals surface area contributed by atoms with Crippen LogP contribution in [0.25, 0.3) is 0 Å². The van der Waals surface area contributed by atoms with Crippen molar-refractivity contribution in [3.63, 3.8) is 0 Å². The normalized spacial score (nSPS) is 11.2. The van der Waals surface area contributed by atoms with Crippen LogP contribution in [0.3, 0.4) is 0 Å². The average molecular weight is 340 g/mol. The van der Waals surface area contributed by atoms with Crippen molar-refractivity contribution in [3.8, 4) is 0 Å². The molecule has 3 heteroatoms. The van der Waals surface area contributed by atoms with Gasteiger partial charge in [-0.15, -0.1) is 0 Å². The first kappa shape index (κ1) is 23.2. The minimum Gasteiger partial charge on any atom is -0.464 e. The quantitative estimate of drug-likeness (QED) is 0.192. The molecule has 0 saturated heterocycles. The zero-order chi connectivity index (χ0) is 17.7. The van der Waals surface area contributed by atoms with Crippen LogP contribution >= 0.6 is 0 Å². The number of ether oxygens (including phenoxy) is 1. The Morgan fingerprint density at radius 1 is 0.792 bits per heavy atom. The number of hydrogen-bond donors (Lipinski definition) is 1. The van der Waals surface area contributed by atoms with Crippen LogP contribution in [0, 0.1) is 0 Å². The summed E-state index contributed by atoms with van der Waals surface area (Å²) < 4.78 is 4.94. The molecule has 0 unspecified atom stereocenters. The van der Waals surface area contributed by atoms with Gasteiger partial charge in [0.1, 0.15) is 6.61 Å². The van der Waals surface area contributed by atoms with Gasteiger partial charge in [-0.05, 0) is 32.1 Å². The molecule has 0 atom stereocenters. The second-order valence-corrected chi connectivity index (χ2v) is 6.70. The number of hydrogen-bond acceptors (Lipinski definition) is 3. The third-order valence-corrected chi connectivity index (χ3v) is 4.27. The molecule has 0 aliphatic carbocycles. The predicted octanol–water partition coefficient (Wildman–Crippen LogP) is 5.92. The summed E-state index contributed by atoms with van der Waals surface area (Å²) in [6, 6.07) is 0. The maximum Gasteiger partial charge on any atom is 0.305 e. The Labute approximate surface area is 150 Å². The topological polar surface area (TPSA) is 52.3 Å². The SMILES string of the molecule is CCCCCCCCC/C=C/CCCCCCCC(=O)OCCN. The molecule has 0 spiro atoms. The molecule has 0 heterocycles. The smallest absolute Gasteiger partial charge is 0.305 e. The number of allylic oxidation sites excluding steroid dienone is 2. The number of esters is 1. The van der Waals surface area contributed by atoms with Crippen LogP contribution in [-0.4, -0.2) is 19.1 Å². The molecule has 0 saturated carbocycles. The molecule has 0 aromatic carbocycles. The third kappa shape index (κ3) is 19.2. The van der Waals surface area contributed by atoms with Gasteiger partial charge in [0, 0.05) is 13.0 Å². The molecule has 24 heavy (non-hydrogen) atoms. The lowest BCUT2D eigenvalue weighted by Crippen LogP contribution is -2.13. The van der Waals surface area contributed by atoms with Crippen molar-refractivity contribution in [1.29, 1.82) is 0 Å². The molecule has 142 valence electrons. The summed E-state index contributed by atoms with van der Waals surface area (Å²) in [5.41, 5.74) is 5.28. The highest BCUT2D eigenvalue weighted by Gasteiger charge is 2.01. The fourth-order valence-corrected chi connectivity index (χ4v) is 2.76. The van der Waals surface area contributed by atoms with Gasteiger partial charge in [0.2, 0.25) is 0 Å². The van der Waals surface area contributed by atoms with Crippen LogP contribution in [0.1, 0.15) is 103 Å². The van der Waals surface area contributed by atoms with E-state index in [1.807, 2.05) is 0 Å². The Hall–Kier alpha value is -0.830. The van der Waals surface area contributed by atoms with Crippen LogP contribution in [-0.2, 0) is 9.53 Å². The second-order valence-electron chi connectivity index (χ2n) is 6.70. The number of unbranched alkanes of at least 4 members (excludes halogenated alkanes) is 12. The van der Waals surface area contributed by atoms with Crippen LogP contribution in [0.15, 0.2) is 12.2 Å². The number of carbonyl (C=O) groups excluding carboxylic acids is 1. The van der Waals surface area contributed by atoms with Crippen molar-refractivity contribution in [3.05, 3.63) is 12.2 Å². The van der Waals surface area contributed by atoms with E-state index < -0.39 is 0 Å². The van der Waals surface area contributed by atoms with E-state index in [0.29, 0.717) is 19.6 Å². The maximum absolute atomic E-state index is 11.3. The summed E-state index contributed by atoms with van der Waals surface area (Å²) in [7, 11) is 0. The fraction of sp³-hybridized carbons (Fsp3) is 0.857. The highest BCUT2D eigenvalue weighted by Crippen LogP contribution is 2.10. The van der Waals surface area contributed by atoms with E-state index in [1.54, 1.807) is 0 Å². The lowest BCUT2D eigenvalue weighted by Gasteiger charge is -2.03. The lowest BCUT2D eigenvalue weighted by atomic mass is 10.1. The Bertz CT molecular complexity index is 290. The van der Waals surface area contributed by atoms with Gasteiger partial charge >= 0.3 is 5.97 Å². The standard InChI is InChI=1S/C21H41NO2/c1-2-3-4-5-6-7-8-9-10-11-12-13-14-15-16-17-18-21(23)24-20-19-22/h10-11H,2-9,12-20,22H2,1H3/b11-10+. The molecular formula is C21H41NO2. The van der Waals surface area contributed by atoms with Crippen LogP contribution < -0.4 is 5.73 Å². The first-order chi connectivity index (χ1) is 11.8. The van der Waals surface area contributed by atoms with Gasteiger partial charge < -0.3 is 10.5 Å². The molecular weight excluding hydrogens is 298 g/mol. The number of nitrogens with two attached hydrogens (primary N) is 1. The molecule has 3 nitrogen and oxygen atoms in total. The Balaban J connectivity index is 3.14. The Kier molecular flexibility index (Phi) is 19.5. The largest absolute Gasteiger partial charge is 0.464 e. The Morgan fingerprint density at radius 3 is 1.83 bits per heavy atom. The van der Waals surface area contributed by atoms with Gasteiger partial charge in [-0.3, -0.25) is 4.79 Å². The van der Waals surface area contributed by atoms with Crippen molar-refractivity contribution in [2.75, 3.05) is 13.2 Å². The van der Waals surface area contributed by atoms with Crippen molar-refractivity contribution >= 4 is 5.97 Å². The van der Waals surface area contributed by atoms with Crippen LogP contribution in [0.2, 0.25) is 0 Å². The van der Waals surface area contributed by atoms with E-state index >= 15 is 0 Å². The third-order valence-electron chi connectivity index (χ3n) is 4.27. The van der Waals surface area contributed by atoms with Crippen molar-refractivity contribution < 1.29 is 9.53 Å². The zero-order valence-electron chi connectivity index (χ0n) is 16.1. The van der Waals surface area contributed by atoms with Gasteiger partial charge in [0.05, 0.1) is 0 Å². The van der Waals surface area contributed by atoms with Gasteiger partial charge in [-0.25, -0.2) is 0 Å². The van der Waals surface area contributed by atoms with Gasteiger partial charge in [0.15, 0.2) is 0 Å². The zero-order valence-corrected chi connectivity index (χ0v) is 16.1. The summed E-state index contributed by atoms with van der Waals surface area (Å²) in [6.45, 7) is 3.04. The molecule has 0 bridgehead atoms. The van der Waals surface area contributed by atoms with Crippen molar-refractivity contribution in [2.45, 2.75) is 103 Å². The lowest BCUT2D eigenvalue weighted by molar-refractivity contribution is -0.143. The summed E-state index contributed by atoms with van der Waals surface area (Å²) >= 11 is 0. The monoisotopic (exact) mass is 339 g/mol. The first-order valence-corrected chi connectivity index (χ1v) is 10.3. The van der Waals surface area contributed by atoms with Crippen LogP contribution in [0.5, 0.6) is 0 Å². The van der Waals surface area contributed by atoms with Crippen molar-refractivity contribution in [1.82, 2.24) is 0 Å². The summed E-state index contributed by atoms with van der Waals surface area (Å²) in [5, 5.41) is 0. The average Bonchev–Trinajstić information content (AvgIpc) is 2.59. The van der Waals surface area contributed by atoms with E-state index in [2.05, 4.69) is 19.1 Å². The maximum atomic E-state index is 11.3. The second kappa shape index (κ2) is 20.2. The van der Waals surface area contributed by atoms with E-state index in [0.717, 1.165) is 12.8 Å². The van der Waals surface area contributed by atoms with Gasteiger partial charge in [-0.1, -0.05) is 76.9 Å². The molecule has 0 fully saturated rings. The number of rotatable bonds is 18. The van der Waals surface area contributed by atoms with E-state index in [9.17, 15) is 4.79 Å². The van der Waals surface area contributed by atoms with E-state index in [4.69, 9.17) is 10.5 Å². The van der Waals surface area contributed by atoms with Crippen molar-refractivity contribution in [2.24, 2.45) is 5.73 Å². The predicted molar refractivity (Wildman–Crippen MR) is 104 cm³/mol. The minimum absolute atomic E-state index is 0.103. The first-order valence-electron chi connectivity index (χ1n) is 10.3. The Morgan fingerprint density at radius 2 is 1.29 bits per heavy atom. The molecule has 0 aliphatic rings. The van der Waals surface area contributed by atoms with E-state index in [1.165, 1.54) is 77.0 Å². The summed E-state index contributed by atoms with van der Waals surface area (Å²) in [5.74, 6) is -0.103. The number of carbonyl (C=O) groups is 1. The fourth-order valence-electron chi connectivity index (χ4n) is 2.76. The highest BCUT2D eigenvalue weighted by molar-refractivity contribution is 5.69. The molecule has 0 amide bonds. The summed E-state index contributed by atoms with van der Waals surface area (Å²) in [4.78, 5) is 11.3. The van der Waals surface area contributed by atoms with Gasteiger partial charge in [-0.2, -0.15) is 0 Å². The molecule has 0 aromatic rings. The molecule has 0 radical (unpaired) electrons. The molecule has 0 aliphatic heterocycles. The highest BCUT2D eigenvalue weighted by atomic mass is 16.5. The molecule has 0 aromatic heterocycles.